The first-order valence-electron chi connectivity index (χ1n) is 9.08. The third-order valence-electron chi connectivity index (χ3n) is 4.49. The molecule has 0 bridgehead atoms. The van der Waals surface area contributed by atoms with Crippen molar-refractivity contribution in [2.75, 3.05) is 5.32 Å². The summed E-state index contributed by atoms with van der Waals surface area (Å²) in [5.74, 6) is -0.0802. The van der Waals surface area contributed by atoms with E-state index in [1.165, 1.54) is 6.07 Å². The third kappa shape index (κ3) is 4.06. The molecule has 29 heavy (non-hydrogen) atoms. The maximum Gasteiger partial charge on any atom is 0.255 e. The number of aryl methyl sites for hydroxylation is 2. The highest BCUT2D eigenvalue weighted by atomic mass is 19.1. The molecule has 0 spiro atoms. The number of aromatic nitrogens is 2. The quantitative estimate of drug-likeness (QED) is 0.508. The molecule has 0 aliphatic rings. The van der Waals surface area contributed by atoms with Gasteiger partial charge in [0.05, 0.1) is 5.69 Å². The van der Waals surface area contributed by atoms with Gasteiger partial charge in [0.1, 0.15) is 5.82 Å². The predicted octanol–water partition coefficient (Wildman–Crippen LogP) is 5.41. The number of anilines is 1. The van der Waals surface area contributed by atoms with Gasteiger partial charge >= 0.3 is 0 Å². The molecule has 0 saturated carbocycles. The largest absolute Gasteiger partial charge is 0.416 e. The van der Waals surface area contributed by atoms with Gasteiger partial charge in [-0.25, -0.2) is 4.39 Å². The van der Waals surface area contributed by atoms with Crippen molar-refractivity contribution >= 4 is 11.6 Å². The smallest absolute Gasteiger partial charge is 0.255 e. The van der Waals surface area contributed by atoms with Crippen LogP contribution in [0.2, 0.25) is 0 Å². The Kier molecular flexibility index (Phi) is 4.91. The lowest BCUT2D eigenvalue weighted by atomic mass is 10.1. The fraction of sp³-hybridized carbons (Fsp3) is 0.0870. The van der Waals surface area contributed by atoms with Crippen molar-refractivity contribution in [3.63, 3.8) is 0 Å². The highest BCUT2D eigenvalue weighted by Gasteiger charge is 2.13. The third-order valence-corrected chi connectivity index (χ3v) is 4.49. The fourth-order valence-corrected chi connectivity index (χ4v) is 2.83. The second-order valence-electron chi connectivity index (χ2n) is 6.79. The van der Waals surface area contributed by atoms with Crippen molar-refractivity contribution in [1.82, 2.24) is 10.2 Å². The van der Waals surface area contributed by atoms with Crippen LogP contribution in [0.1, 0.15) is 21.5 Å². The molecule has 1 N–H and O–H groups in total. The molecule has 144 valence electrons. The van der Waals surface area contributed by atoms with E-state index in [2.05, 4.69) is 15.5 Å². The molecular weight excluding hydrogens is 369 g/mol. The van der Waals surface area contributed by atoms with Crippen LogP contribution < -0.4 is 5.32 Å². The van der Waals surface area contributed by atoms with Crippen LogP contribution in [0, 0.1) is 19.7 Å². The molecular formula is C23H18FN3O2. The average molecular weight is 387 g/mol. The number of hydrogen-bond acceptors (Lipinski definition) is 4. The minimum absolute atomic E-state index is 0.143. The van der Waals surface area contributed by atoms with Gasteiger partial charge in [-0.3, -0.25) is 4.79 Å². The van der Waals surface area contributed by atoms with E-state index in [0.29, 0.717) is 22.9 Å². The number of amides is 1. The van der Waals surface area contributed by atoms with Crippen molar-refractivity contribution in [3.05, 3.63) is 89.2 Å². The van der Waals surface area contributed by atoms with Crippen LogP contribution in [0.3, 0.4) is 0 Å². The molecule has 0 atom stereocenters. The Balaban J connectivity index is 1.50. The van der Waals surface area contributed by atoms with Gasteiger partial charge in [-0.15, -0.1) is 10.2 Å². The Bertz CT molecular complexity index is 1170. The summed E-state index contributed by atoms with van der Waals surface area (Å²) in [5, 5.41) is 10.7. The second-order valence-corrected chi connectivity index (χ2v) is 6.79. The van der Waals surface area contributed by atoms with Gasteiger partial charge in [0.25, 0.3) is 5.91 Å². The van der Waals surface area contributed by atoms with Crippen LogP contribution in [0.4, 0.5) is 10.1 Å². The van der Waals surface area contributed by atoms with Crippen LogP contribution in [0.15, 0.2) is 71.1 Å². The minimum Gasteiger partial charge on any atom is -0.416 e. The summed E-state index contributed by atoms with van der Waals surface area (Å²) >= 11 is 0. The topological polar surface area (TPSA) is 68.0 Å². The SMILES string of the molecule is Cc1ccc(-c2nnc(-c3ccc(C(=O)Nc4ccc(C)cc4F)cc3)o2)cc1. The summed E-state index contributed by atoms with van der Waals surface area (Å²) in [6.07, 6.45) is 0. The highest BCUT2D eigenvalue weighted by Crippen LogP contribution is 2.24. The summed E-state index contributed by atoms with van der Waals surface area (Å²) in [7, 11) is 0. The standard InChI is InChI=1S/C23H18FN3O2/c1-14-3-6-17(7-4-14)22-26-27-23(29-22)18-10-8-16(9-11-18)21(28)25-20-12-5-15(2)13-19(20)24/h3-13H,1-2H3,(H,25,28). The van der Waals surface area contributed by atoms with Gasteiger partial charge in [0, 0.05) is 16.7 Å². The van der Waals surface area contributed by atoms with E-state index in [1.807, 2.05) is 31.2 Å². The molecule has 4 rings (SSSR count). The Morgan fingerprint density at radius 2 is 1.38 bits per heavy atom. The maximum atomic E-state index is 13.9. The van der Waals surface area contributed by atoms with Crippen LogP contribution in [0.5, 0.6) is 0 Å². The number of nitrogens with one attached hydrogen (secondary N) is 1. The van der Waals surface area contributed by atoms with E-state index in [9.17, 15) is 9.18 Å². The maximum absolute atomic E-state index is 13.9. The number of carbonyl (C=O) groups is 1. The molecule has 4 aromatic rings. The summed E-state index contributed by atoms with van der Waals surface area (Å²) in [5.41, 5.74) is 4.00. The number of benzene rings is 3. The lowest BCUT2D eigenvalue weighted by Gasteiger charge is -2.07. The first-order chi connectivity index (χ1) is 14.0. The Labute approximate surface area is 167 Å². The number of nitrogens with zero attached hydrogens (tertiary/aromatic N) is 2. The number of halogens is 1. The normalized spacial score (nSPS) is 10.7. The zero-order chi connectivity index (χ0) is 20.4. The molecule has 0 aliphatic heterocycles. The van der Waals surface area contributed by atoms with Gasteiger partial charge in [0.2, 0.25) is 11.8 Å². The Hall–Kier alpha value is -3.80. The molecule has 3 aromatic carbocycles. The highest BCUT2D eigenvalue weighted by molar-refractivity contribution is 6.04. The number of carbonyl (C=O) groups excluding carboxylic acids is 1. The predicted molar refractivity (Wildman–Crippen MR) is 109 cm³/mol. The molecule has 5 nitrogen and oxygen atoms in total. The number of rotatable bonds is 4. The molecule has 1 aromatic heterocycles. The average Bonchev–Trinajstić information content (AvgIpc) is 3.21. The Morgan fingerprint density at radius 1 is 0.828 bits per heavy atom. The van der Waals surface area contributed by atoms with E-state index in [0.717, 1.165) is 16.7 Å². The van der Waals surface area contributed by atoms with Crippen LogP contribution in [-0.4, -0.2) is 16.1 Å². The summed E-state index contributed by atoms with van der Waals surface area (Å²) < 4.78 is 19.7. The first-order valence-corrected chi connectivity index (χ1v) is 9.08. The van der Waals surface area contributed by atoms with Gasteiger partial charge < -0.3 is 9.73 Å². The summed E-state index contributed by atoms with van der Waals surface area (Å²) in [6, 6.07) is 19.1. The molecule has 0 unspecified atom stereocenters. The lowest BCUT2D eigenvalue weighted by Crippen LogP contribution is -2.12. The van der Waals surface area contributed by atoms with E-state index < -0.39 is 11.7 Å². The van der Waals surface area contributed by atoms with Crippen LogP contribution >= 0.6 is 0 Å². The summed E-state index contributed by atoms with van der Waals surface area (Å²) in [6.45, 7) is 3.79. The minimum atomic E-state index is -0.468. The molecule has 0 fully saturated rings. The van der Waals surface area contributed by atoms with E-state index in [4.69, 9.17) is 4.42 Å². The molecule has 6 heteroatoms. The first kappa shape index (κ1) is 18.6. The van der Waals surface area contributed by atoms with Crippen molar-refractivity contribution in [1.29, 1.82) is 0 Å². The fourth-order valence-electron chi connectivity index (χ4n) is 2.83. The zero-order valence-corrected chi connectivity index (χ0v) is 15.9. The van der Waals surface area contributed by atoms with Crippen molar-refractivity contribution in [3.8, 4) is 22.9 Å². The second kappa shape index (κ2) is 7.67. The monoisotopic (exact) mass is 387 g/mol. The zero-order valence-electron chi connectivity index (χ0n) is 15.9. The van der Waals surface area contributed by atoms with Gasteiger partial charge in [-0.05, 0) is 67.9 Å². The van der Waals surface area contributed by atoms with E-state index >= 15 is 0 Å². The van der Waals surface area contributed by atoms with Gasteiger partial charge in [-0.1, -0.05) is 23.8 Å². The molecule has 0 aliphatic carbocycles. The molecule has 0 radical (unpaired) electrons. The van der Waals surface area contributed by atoms with E-state index in [-0.39, 0.29) is 5.69 Å². The molecule has 1 heterocycles. The van der Waals surface area contributed by atoms with E-state index in [1.54, 1.807) is 43.3 Å². The van der Waals surface area contributed by atoms with Crippen molar-refractivity contribution in [2.24, 2.45) is 0 Å². The van der Waals surface area contributed by atoms with Gasteiger partial charge in [-0.2, -0.15) is 0 Å². The summed E-state index contributed by atoms with van der Waals surface area (Å²) in [4.78, 5) is 12.4. The lowest BCUT2D eigenvalue weighted by molar-refractivity contribution is 0.102. The molecule has 1 amide bonds. The number of hydrogen-bond donors (Lipinski definition) is 1. The van der Waals surface area contributed by atoms with Gasteiger partial charge in [0.15, 0.2) is 0 Å². The Morgan fingerprint density at radius 3 is 1.97 bits per heavy atom. The molecule has 0 saturated heterocycles. The van der Waals surface area contributed by atoms with Crippen LogP contribution in [-0.2, 0) is 0 Å². The van der Waals surface area contributed by atoms with Crippen LogP contribution in [0.25, 0.3) is 22.9 Å². The van der Waals surface area contributed by atoms with Crippen molar-refractivity contribution in [2.45, 2.75) is 13.8 Å². The van der Waals surface area contributed by atoms with Crippen molar-refractivity contribution < 1.29 is 13.6 Å².